The summed E-state index contributed by atoms with van der Waals surface area (Å²) < 4.78 is 5.54. The molecule has 11 nitrogen and oxygen atoms in total. The molecule has 2 aromatic heterocycles. The Hall–Kier alpha value is -4.20. The fraction of sp³-hybridized carbons (Fsp3) is 0.263. The molecule has 1 saturated heterocycles. The zero-order valence-electron chi connectivity index (χ0n) is 15.7. The summed E-state index contributed by atoms with van der Waals surface area (Å²) in [4.78, 5) is 30.8. The van der Waals surface area contributed by atoms with E-state index in [4.69, 9.17) is 9.68 Å². The van der Waals surface area contributed by atoms with Gasteiger partial charge in [-0.1, -0.05) is 12.1 Å². The van der Waals surface area contributed by atoms with Crippen molar-refractivity contribution in [1.82, 2.24) is 30.2 Å². The molecule has 3 heterocycles. The maximum atomic E-state index is 12.6. The van der Waals surface area contributed by atoms with Gasteiger partial charge in [-0.25, -0.2) is 9.78 Å². The molecule has 1 fully saturated rings. The molecule has 0 spiro atoms. The number of carbonyl (C=O) groups excluding carboxylic acids is 1. The SMILES string of the molecule is N#Cc1cccc(-c2cnc(C(=O)NC3CC(Cn4nccn4)N(C(=O)O)C3)o2)c1. The first-order chi connectivity index (χ1) is 14.5. The molecule has 0 saturated carbocycles. The van der Waals surface area contributed by atoms with Crippen LogP contribution in [0.1, 0.15) is 22.7 Å². The molecule has 2 atom stereocenters. The molecule has 1 aromatic carbocycles. The smallest absolute Gasteiger partial charge is 0.407 e. The topological polar surface area (TPSA) is 150 Å². The van der Waals surface area contributed by atoms with Crippen LogP contribution in [0.15, 0.2) is 47.3 Å². The number of nitriles is 1. The predicted octanol–water partition coefficient (Wildman–Crippen LogP) is 1.36. The minimum Gasteiger partial charge on any atom is -0.465 e. The molecular formula is C19H17N7O4. The highest BCUT2D eigenvalue weighted by Gasteiger charge is 2.37. The molecule has 152 valence electrons. The van der Waals surface area contributed by atoms with Crippen LogP contribution in [0.4, 0.5) is 4.79 Å². The number of hydrogen-bond donors (Lipinski definition) is 2. The van der Waals surface area contributed by atoms with E-state index < -0.39 is 18.0 Å². The lowest BCUT2D eigenvalue weighted by molar-refractivity contribution is 0.0901. The summed E-state index contributed by atoms with van der Waals surface area (Å²) in [5.74, 6) is -0.309. The number of hydrogen-bond acceptors (Lipinski definition) is 7. The Bertz CT molecular complexity index is 1100. The van der Waals surface area contributed by atoms with Gasteiger partial charge in [-0.3, -0.25) is 4.79 Å². The number of carboxylic acid groups (broad SMARTS) is 1. The quantitative estimate of drug-likeness (QED) is 0.643. The highest BCUT2D eigenvalue weighted by atomic mass is 16.4. The summed E-state index contributed by atoms with van der Waals surface area (Å²) in [7, 11) is 0. The molecule has 2 unspecified atom stereocenters. The largest absolute Gasteiger partial charge is 0.465 e. The van der Waals surface area contributed by atoms with Gasteiger partial charge in [0.25, 0.3) is 5.89 Å². The van der Waals surface area contributed by atoms with E-state index in [1.807, 2.05) is 6.07 Å². The number of aromatic nitrogens is 4. The zero-order valence-corrected chi connectivity index (χ0v) is 15.7. The molecule has 1 aliphatic rings. The first kappa shape index (κ1) is 19.1. The van der Waals surface area contributed by atoms with Gasteiger partial charge < -0.3 is 19.7 Å². The van der Waals surface area contributed by atoms with Gasteiger partial charge in [0.2, 0.25) is 0 Å². The van der Waals surface area contributed by atoms with Gasteiger partial charge in [0.15, 0.2) is 5.76 Å². The molecule has 0 radical (unpaired) electrons. The molecular weight excluding hydrogens is 390 g/mol. The van der Waals surface area contributed by atoms with Gasteiger partial charge in [-0.05, 0) is 18.6 Å². The Morgan fingerprint density at radius 1 is 1.33 bits per heavy atom. The minimum absolute atomic E-state index is 0.133. The number of oxazole rings is 1. The van der Waals surface area contributed by atoms with E-state index in [-0.39, 0.29) is 18.5 Å². The van der Waals surface area contributed by atoms with Crippen LogP contribution < -0.4 is 5.32 Å². The second-order valence-electron chi connectivity index (χ2n) is 6.80. The van der Waals surface area contributed by atoms with E-state index in [1.54, 1.807) is 24.3 Å². The number of carbonyl (C=O) groups is 2. The second-order valence-corrected chi connectivity index (χ2v) is 6.80. The summed E-state index contributed by atoms with van der Waals surface area (Å²) in [6.07, 6.45) is 3.80. The van der Waals surface area contributed by atoms with E-state index in [9.17, 15) is 14.7 Å². The Morgan fingerprint density at radius 3 is 2.87 bits per heavy atom. The Balaban J connectivity index is 1.43. The van der Waals surface area contributed by atoms with Crippen LogP contribution in [0.2, 0.25) is 0 Å². The summed E-state index contributed by atoms with van der Waals surface area (Å²) in [6.45, 7) is 0.439. The fourth-order valence-electron chi connectivity index (χ4n) is 3.46. The third kappa shape index (κ3) is 3.97. The highest BCUT2D eigenvalue weighted by Crippen LogP contribution is 2.23. The third-order valence-corrected chi connectivity index (χ3v) is 4.81. The number of amides is 2. The van der Waals surface area contributed by atoms with Crippen LogP contribution in [0, 0.1) is 11.3 Å². The zero-order chi connectivity index (χ0) is 21.1. The molecule has 2 amide bonds. The summed E-state index contributed by atoms with van der Waals surface area (Å²) in [5.41, 5.74) is 1.10. The van der Waals surface area contributed by atoms with Crippen molar-refractivity contribution >= 4 is 12.0 Å². The maximum absolute atomic E-state index is 12.6. The van der Waals surface area contributed by atoms with E-state index >= 15 is 0 Å². The normalized spacial score (nSPS) is 18.2. The van der Waals surface area contributed by atoms with Gasteiger partial charge >= 0.3 is 12.0 Å². The second kappa shape index (κ2) is 8.04. The van der Waals surface area contributed by atoms with Crippen molar-refractivity contribution < 1.29 is 19.1 Å². The summed E-state index contributed by atoms with van der Waals surface area (Å²) in [5, 5.41) is 29.3. The van der Waals surface area contributed by atoms with Crippen LogP contribution in [-0.4, -0.2) is 60.6 Å². The van der Waals surface area contributed by atoms with E-state index in [0.29, 0.717) is 29.9 Å². The predicted molar refractivity (Wildman–Crippen MR) is 101 cm³/mol. The summed E-state index contributed by atoms with van der Waals surface area (Å²) >= 11 is 0. The van der Waals surface area contributed by atoms with Crippen LogP contribution in [0.3, 0.4) is 0 Å². The molecule has 11 heteroatoms. The van der Waals surface area contributed by atoms with Crippen LogP contribution in [0.25, 0.3) is 11.3 Å². The molecule has 30 heavy (non-hydrogen) atoms. The van der Waals surface area contributed by atoms with Crippen molar-refractivity contribution in [1.29, 1.82) is 5.26 Å². The maximum Gasteiger partial charge on any atom is 0.407 e. The van der Waals surface area contributed by atoms with Gasteiger partial charge in [0.05, 0.1) is 42.8 Å². The first-order valence-electron chi connectivity index (χ1n) is 9.14. The highest BCUT2D eigenvalue weighted by molar-refractivity contribution is 5.90. The Kier molecular flexibility index (Phi) is 5.13. The van der Waals surface area contributed by atoms with Crippen LogP contribution >= 0.6 is 0 Å². The monoisotopic (exact) mass is 407 g/mol. The molecule has 1 aliphatic heterocycles. The van der Waals surface area contributed by atoms with Crippen molar-refractivity contribution in [3.8, 4) is 17.4 Å². The van der Waals surface area contributed by atoms with Crippen LogP contribution in [-0.2, 0) is 6.54 Å². The van der Waals surface area contributed by atoms with Crippen molar-refractivity contribution in [2.75, 3.05) is 6.54 Å². The van der Waals surface area contributed by atoms with E-state index in [0.717, 1.165) is 0 Å². The Morgan fingerprint density at radius 2 is 2.13 bits per heavy atom. The molecule has 0 bridgehead atoms. The number of benzene rings is 1. The van der Waals surface area contributed by atoms with Crippen LogP contribution in [0.5, 0.6) is 0 Å². The molecule has 0 aliphatic carbocycles. The standard InChI is InChI=1S/C19H17N7O4/c20-8-12-2-1-3-13(6-12)16-9-21-18(30-16)17(27)24-14-7-15(25(10-14)19(28)29)11-26-22-4-5-23-26/h1-6,9,14-15H,7,10-11H2,(H,24,27)(H,28,29). The Labute approximate surface area is 170 Å². The average Bonchev–Trinajstić information content (AvgIpc) is 3.49. The van der Waals surface area contributed by atoms with Gasteiger partial charge in [0.1, 0.15) is 0 Å². The molecule has 2 N–H and O–H groups in total. The van der Waals surface area contributed by atoms with Crippen molar-refractivity contribution in [2.24, 2.45) is 0 Å². The van der Waals surface area contributed by atoms with Crippen molar-refractivity contribution in [2.45, 2.75) is 25.0 Å². The summed E-state index contributed by atoms with van der Waals surface area (Å²) in [6, 6.07) is 8.04. The number of nitrogens with one attached hydrogen (secondary N) is 1. The van der Waals surface area contributed by atoms with E-state index in [2.05, 4.69) is 20.5 Å². The number of rotatable bonds is 5. The first-order valence-corrected chi connectivity index (χ1v) is 9.14. The molecule has 4 rings (SSSR count). The fourth-order valence-corrected chi connectivity index (χ4v) is 3.46. The number of nitrogens with zero attached hydrogens (tertiary/aromatic N) is 6. The third-order valence-electron chi connectivity index (χ3n) is 4.81. The minimum atomic E-state index is -1.07. The van der Waals surface area contributed by atoms with Crippen molar-refractivity contribution in [3.63, 3.8) is 0 Å². The van der Waals surface area contributed by atoms with Gasteiger partial charge in [-0.2, -0.15) is 20.3 Å². The molecule has 3 aromatic rings. The van der Waals surface area contributed by atoms with Gasteiger partial charge in [0, 0.05) is 18.2 Å². The number of likely N-dealkylation sites (tertiary alicyclic amines) is 1. The van der Waals surface area contributed by atoms with Crippen molar-refractivity contribution in [3.05, 3.63) is 54.3 Å². The van der Waals surface area contributed by atoms with Gasteiger partial charge in [-0.15, -0.1) is 0 Å². The lowest BCUT2D eigenvalue weighted by Crippen LogP contribution is -2.39. The van der Waals surface area contributed by atoms with E-state index in [1.165, 1.54) is 28.3 Å². The lowest BCUT2D eigenvalue weighted by atomic mass is 10.1. The lowest BCUT2D eigenvalue weighted by Gasteiger charge is -2.20. The average molecular weight is 407 g/mol.